The van der Waals surface area contributed by atoms with E-state index in [0.29, 0.717) is 5.56 Å². The van der Waals surface area contributed by atoms with Crippen molar-refractivity contribution in [3.05, 3.63) is 95.6 Å². The zero-order valence-electron chi connectivity index (χ0n) is 21.6. The fourth-order valence-corrected chi connectivity index (χ4v) is 5.15. The highest BCUT2D eigenvalue weighted by atomic mass is 16.5. The predicted molar refractivity (Wildman–Crippen MR) is 146 cm³/mol. The lowest BCUT2D eigenvalue weighted by molar-refractivity contribution is -0.151. The Bertz CT molecular complexity index is 1130. The van der Waals surface area contributed by atoms with Gasteiger partial charge >= 0.3 is 5.97 Å². The van der Waals surface area contributed by atoms with E-state index < -0.39 is 18.1 Å². The Balaban J connectivity index is 1.44. The van der Waals surface area contributed by atoms with Gasteiger partial charge in [0.1, 0.15) is 6.10 Å². The molecule has 0 aliphatic heterocycles. The number of hydrogen-bond acceptors (Lipinski definition) is 4. The highest BCUT2D eigenvalue weighted by molar-refractivity contribution is 5.88. The number of amides is 1. The summed E-state index contributed by atoms with van der Waals surface area (Å²) in [5.41, 5.74) is 5.03. The van der Waals surface area contributed by atoms with Gasteiger partial charge in [-0.2, -0.15) is 0 Å². The molecule has 0 unspecified atom stereocenters. The third-order valence-electron chi connectivity index (χ3n) is 7.12. The molecule has 1 aliphatic rings. The Morgan fingerprint density at radius 2 is 1.38 bits per heavy atom. The SMILES string of the molecule is CCCCCCCCOC(=O)[C@H](NC(=O)CC1c2ccccc2-c2ccccc21)[C@@H](O)c1ccccc1. The van der Waals surface area contributed by atoms with Crippen LogP contribution in [0.25, 0.3) is 11.1 Å². The minimum atomic E-state index is -1.20. The van der Waals surface area contributed by atoms with Gasteiger partial charge in [0.15, 0.2) is 6.04 Å². The van der Waals surface area contributed by atoms with Gasteiger partial charge in [-0.05, 0) is 34.2 Å². The maximum Gasteiger partial charge on any atom is 0.331 e. The number of carbonyl (C=O) groups excluding carboxylic acids is 2. The smallest absolute Gasteiger partial charge is 0.331 e. The van der Waals surface area contributed by atoms with Crippen molar-refractivity contribution in [2.24, 2.45) is 0 Å². The molecule has 0 aromatic heterocycles. The average molecular weight is 500 g/mol. The third kappa shape index (κ3) is 6.66. The van der Waals surface area contributed by atoms with Crippen LogP contribution in [-0.4, -0.2) is 29.6 Å². The van der Waals surface area contributed by atoms with Crippen molar-refractivity contribution < 1.29 is 19.4 Å². The molecule has 2 atom stereocenters. The molecule has 3 aromatic rings. The molecular formula is C32H37NO4. The van der Waals surface area contributed by atoms with Gasteiger partial charge in [0.05, 0.1) is 6.61 Å². The Hall–Kier alpha value is -3.44. The van der Waals surface area contributed by atoms with Gasteiger partial charge in [-0.25, -0.2) is 4.79 Å². The summed E-state index contributed by atoms with van der Waals surface area (Å²) in [5, 5.41) is 13.9. The van der Waals surface area contributed by atoms with Crippen LogP contribution in [0.1, 0.15) is 80.6 Å². The largest absolute Gasteiger partial charge is 0.464 e. The second-order valence-corrected chi connectivity index (χ2v) is 9.77. The number of aliphatic hydroxyl groups excluding tert-OH is 1. The quantitative estimate of drug-likeness (QED) is 0.213. The number of nitrogens with one attached hydrogen (secondary N) is 1. The molecule has 0 saturated heterocycles. The average Bonchev–Trinajstić information content (AvgIpc) is 3.24. The van der Waals surface area contributed by atoms with Gasteiger partial charge in [-0.1, -0.05) is 118 Å². The van der Waals surface area contributed by atoms with E-state index in [2.05, 4.69) is 36.5 Å². The molecule has 37 heavy (non-hydrogen) atoms. The van der Waals surface area contributed by atoms with Crippen LogP contribution in [0.4, 0.5) is 0 Å². The highest BCUT2D eigenvalue weighted by Gasteiger charge is 2.34. The standard InChI is InChI=1S/C32H37NO4/c1-2-3-4-5-6-14-21-37-32(36)30(31(35)23-15-8-7-9-16-23)33-29(34)22-28-26-19-12-10-17-24(26)25-18-11-13-20-27(25)28/h7-13,15-20,28,30-31,35H,2-6,14,21-22H2,1H3,(H,33,34)/t30-,31+/m1/s1. The Morgan fingerprint density at radius 3 is 2.03 bits per heavy atom. The molecule has 5 nitrogen and oxygen atoms in total. The monoisotopic (exact) mass is 499 g/mol. The number of aliphatic hydroxyl groups is 1. The van der Waals surface area contributed by atoms with Crippen LogP contribution in [0, 0.1) is 0 Å². The van der Waals surface area contributed by atoms with E-state index in [1.165, 1.54) is 19.3 Å². The number of hydrogen-bond donors (Lipinski definition) is 2. The molecule has 0 heterocycles. The lowest BCUT2D eigenvalue weighted by Gasteiger charge is -2.24. The van der Waals surface area contributed by atoms with Crippen LogP contribution < -0.4 is 5.32 Å². The van der Waals surface area contributed by atoms with E-state index in [-0.39, 0.29) is 24.9 Å². The number of carbonyl (C=O) groups is 2. The molecule has 1 aliphatic carbocycles. The normalized spacial score (nSPS) is 13.9. The van der Waals surface area contributed by atoms with Crippen molar-refractivity contribution in [2.75, 3.05) is 6.61 Å². The summed E-state index contributed by atoms with van der Waals surface area (Å²) < 4.78 is 5.52. The number of ether oxygens (including phenoxy) is 1. The summed E-state index contributed by atoms with van der Waals surface area (Å²) in [6.07, 6.45) is 5.44. The zero-order valence-corrected chi connectivity index (χ0v) is 21.6. The van der Waals surface area contributed by atoms with Crippen LogP contribution >= 0.6 is 0 Å². The van der Waals surface area contributed by atoms with Gasteiger partial charge in [0, 0.05) is 12.3 Å². The summed E-state index contributed by atoms with van der Waals surface area (Å²) in [5.74, 6) is -1.01. The fraction of sp³-hybridized carbons (Fsp3) is 0.375. The lowest BCUT2D eigenvalue weighted by Crippen LogP contribution is -2.46. The van der Waals surface area contributed by atoms with Gasteiger partial charge in [0.2, 0.25) is 5.91 Å². The highest BCUT2D eigenvalue weighted by Crippen LogP contribution is 2.46. The first-order chi connectivity index (χ1) is 18.1. The van der Waals surface area contributed by atoms with Crippen LogP contribution in [0.15, 0.2) is 78.9 Å². The van der Waals surface area contributed by atoms with Crippen molar-refractivity contribution in [3.63, 3.8) is 0 Å². The maximum absolute atomic E-state index is 13.3. The van der Waals surface area contributed by atoms with Crippen LogP contribution in [-0.2, 0) is 14.3 Å². The van der Waals surface area contributed by atoms with Crippen molar-refractivity contribution in [1.82, 2.24) is 5.32 Å². The molecule has 0 fully saturated rings. The van der Waals surface area contributed by atoms with E-state index in [9.17, 15) is 14.7 Å². The summed E-state index contributed by atoms with van der Waals surface area (Å²) in [6.45, 7) is 2.46. The van der Waals surface area contributed by atoms with E-state index in [0.717, 1.165) is 41.5 Å². The van der Waals surface area contributed by atoms with E-state index in [1.807, 2.05) is 30.3 Å². The molecule has 3 aromatic carbocycles. The maximum atomic E-state index is 13.3. The summed E-state index contributed by atoms with van der Waals surface area (Å²) >= 11 is 0. The minimum absolute atomic E-state index is 0.110. The van der Waals surface area contributed by atoms with Crippen LogP contribution in [0.5, 0.6) is 0 Å². The Kier molecular flexibility index (Phi) is 9.50. The number of fused-ring (bicyclic) bond motifs is 3. The van der Waals surface area contributed by atoms with Crippen LogP contribution in [0.3, 0.4) is 0 Å². The molecule has 2 N–H and O–H groups in total. The van der Waals surface area contributed by atoms with Crippen molar-refractivity contribution in [1.29, 1.82) is 0 Å². The second kappa shape index (κ2) is 13.2. The molecule has 0 saturated carbocycles. The van der Waals surface area contributed by atoms with Crippen molar-refractivity contribution in [3.8, 4) is 11.1 Å². The first-order valence-corrected chi connectivity index (χ1v) is 13.5. The number of esters is 1. The number of benzene rings is 3. The fourth-order valence-electron chi connectivity index (χ4n) is 5.15. The van der Waals surface area contributed by atoms with Gasteiger partial charge in [0.25, 0.3) is 0 Å². The van der Waals surface area contributed by atoms with E-state index in [4.69, 9.17) is 4.74 Å². The molecule has 1 amide bonds. The second-order valence-electron chi connectivity index (χ2n) is 9.77. The molecule has 0 radical (unpaired) electrons. The van der Waals surface area contributed by atoms with E-state index in [1.54, 1.807) is 24.3 Å². The first kappa shape index (κ1) is 26.6. The van der Waals surface area contributed by atoms with Crippen LogP contribution in [0.2, 0.25) is 0 Å². The predicted octanol–water partition coefficient (Wildman–Crippen LogP) is 6.31. The molecule has 5 heteroatoms. The summed E-state index contributed by atoms with van der Waals surface area (Å²) in [4.78, 5) is 26.4. The Morgan fingerprint density at radius 1 is 0.811 bits per heavy atom. The molecular weight excluding hydrogens is 462 g/mol. The van der Waals surface area contributed by atoms with Gasteiger partial charge in [-0.3, -0.25) is 4.79 Å². The summed E-state index contributed by atoms with van der Waals surface area (Å²) in [6, 6.07) is 24.0. The molecule has 0 bridgehead atoms. The third-order valence-corrected chi connectivity index (χ3v) is 7.12. The zero-order chi connectivity index (χ0) is 26.0. The van der Waals surface area contributed by atoms with Crippen molar-refractivity contribution in [2.45, 2.75) is 69.9 Å². The minimum Gasteiger partial charge on any atom is -0.464 e. The van der Waals surface area contributed by atoms with E-state index >= 15 is 0 Å². The summed E-state index contributed by atoms with van der Waals surface area (Å²) in [7, 11) is 0. The molecule has 0 spiro atoms. The van der Waals surface area contributed by atoms with Gasteiger partial charge < -0.3 is 15.2 Å². The van der Waals surface area contributed by atoms with Gasteiger partial charge in [-0.15, -0.1) is 0 Å². The number of rotatable bonds is 13. The Labute approximate surface area is 219 Å². The number of unbranched alkanes of at least 4 members (excludes halogenated alkanes) is 5. The first-order valence-electron chi connectivity index (χ1n) is 13.5. The molecule has 194 valence electrons. The lowest BCUT2D eigenvalue weighted by atomic mass is 9.93. The molecule has 4 rings (SSSR count). The topological polar surface area (TPSA) is 75.6 Å². The van der Waals surface area contributed by atoms with Crippen molar-refractivity contribution >= 4 is 11.9 Å².